The molecule has 1 aromatic carbocycles. The molecule has 226 valence electrons. The highest BCUT2D eigenvalue weighted by molar-refractivity contribution is 7.90. The Hall–Kier alpha value is -3.77. The van der Waals surface area contributed by atoms with Gasteiger partial charge in [-0.3, -0.25) is 4.79 Å². The number of hydrogen-bond acceptors (Lipinski definition) is 10. The quantitative estimate of drug-likeness (QED) is 0.383. The standard InChI is InChI=1S/C31H37N7O4S/c1-4-30(39)37-12-9-27(37)23-5-6-26(38-16-20(19(38)2)18-43(3,40)41)25-15-33-29(14-24(23)25)34-28-7-10-32-31(35-28)36-11-8-22-13-21(36)17-42-22/h4-7,10,14-15,19-22,27H,1,8-9,11-13,16-18H2,2-3H3,(H,32,33,34,35)/t19-,20-,21-,22+,27-/m1/s1. The maximum absolute atomic E-state index is 12.6. The summed E-state index contributed by atoms with van der Waals surface area (Å²) in [6.07, 6.45) is 9.51. The van der Waals surface area contributed by atoms with Gasteiger partial charge in [0.05, 0.1) is 30.5 Å². The van der Waals surface area contributed by atoms with Crippen LogP contribution in [0, 0.1) is 5.92 Å². The third kappa shape index (κ3) is 5.20. The molecule has 4 saturated heterocycles. The van der Waals surface area contributed by atoms with Gasteiger partial charge in [0.15, 0.2) is 0 Å². The summed E-state index contributed by atoms with van der Waals surface area (Å²) in [5, 5.41) is 5.36. The van der Waals surface area contributed by atoms with E-state index in [9.17, 15) is 13.2 Å². The van der Waals surface area contributed by atoms with Gasteiger partial charge in [-0.1, -0.05) is 12.6 Å². The number of rotatable bonds is 8. The number of nitrogens with zero attached hydrogens (tertiary/aromatic N) is 6. The summed E-state index contributed by atoms with van der Waals surface area (Å²) in [5.74, 6) is 2.17. The van der Waals surface area contributed by atoms with Crippen LogP contribution in [0.5, 0.6) is 0 Å². The Balaban J connectivity index is 1.21. The number of nitrogens with one attached hydrogen (secondary N) is 1. The topological polar surface area (TPSA) is 121 Å². The maximum Gasteiger partial charge on any atom is 0.246 e. The predicted molar refractivity (Wildman–Crippen MR) is 166 cm³/mol. The van der Waals surface area contributed by atoms with Gasteiger partial charge in [-0.25, -0.2) is 18.4 Å². The zero-order valence-electron chi connectivity index (χ0n) is 24.5. The molecular weight excluding hydrogens is 566 g/mol. The number of ether oxygens (including phenoxy) is 1. The first-order valence-corrected chi connectivity index (χ1v) is 17.0. The van der Waals surface area contributed by atoms with E-state index in [-0.39, 0.29) is 29.7 Å². The molecule has 5 atom stereocenters. The Kier molecular flexibility index (Phi) is 7.00. The van der Waals surface area contributed by atoms with Gasteiger partial charge in [0.25, 0.3) is 0 Å². The largest absolute Gasteiger partial charge is 0.376 e. The van der Waals surface area contributed by atoms with Crippen LogP contribution < -0.4 is 15.1 Å². The van der Waals surface area contributed by atoms with Crippen LogP contribution in [0.15, 0.2) is 49.3 Å². The molecule has 7 rings (SSSR count). The molecule has 11 nitrogen and oxygen atoms in total. The van der Waals surface area contributed by atoms with Crippen LogP contribution in [-0.2, 0) is 19.4 Å². The highest BCUT2D eigenvalue weighted by Crippen LogP contribution is 2.43. The molecule has 4 aliphatic heterocycles. The van der Waals surface area contributed by atoms with Crippen molar-refractivity contribution in [2.24, 2.45) is 5.92 Å². The van der Waals surface area contributed by atoms with Crippen molar-refractivity contribution in [1.82, 2.24) is 19.9 Å². The van der Waals surface area contributed by atoms with Gasteiger partial charge in [0.2, 0.25) is 11.9 Å². The Morgan fingerprint density at radius 2 is 2.00 bits per heavy atom. The van der Waals surface area contributed by atoms with Crippen molar-refractivity contribution in [2.75, 3.05) is 53.4 Å². The second-order valence-corrected chi connectivity index (χ2v) is 14.5. The SMILES string of the molecule is C=CC(=O)N1CC[C@@H]1c1ccc(N2C[C@H](CS(C)(=O)=O)[C@H]2C)c2cnc(Nc3ccnc(N4CC[C@H]5C[C@@H]4CO5)n3)cc12. The second-order valence-electron chi connectivity index (χ2n) is 12.3. The Morgan fingerprint density at radius 1 is 1.14 bits per heavy atom. The van der Waals surface area contributed by atoms with E-state index in [0.29, 0.717) is 49.4 Å². The van der Waals surface area contributed by atoms with Crippen LogP contribution in [0.25, 0.3) is 10.8 Å². The maximum atomic E-state index is 12.6. The van der Waals surface area contributed by atoms with E-state index >= 15 is 0 Å². The fourth-order valence-corrected chi connectivity index (χ4v) is 8.22. The molecule has 43 heavy (non-hydrogen) atoms. The van der Waals surface area contributed by atoms with E-state index in [1.807, 2.05) is 23.2 Å². The third-order valence-electron chi connectivity index (χ3n) is 9.53. The molecule has 1 N–H and O–H groups in total. The molecular formula is C31H37N7O4S. The minimum absolute atomic E-state index is 0.0497. The number of fused-ring (bicyclic) bond motifs is 3. The lowest BCUT2D eigenvalue weighted by Crippen LogP contribution is -2.57. The van der Waals surface area contributed by atoms with Gasteiger partial charge >= 0.3 is 0 Å². The van der Waals surface area contributed by atoms with Gasteiger partial charge in [-0.15, -0.1) is 0 Å². The van der Waals surface area contributed by atoms with Crippen LogP contribution in [0.1, 0.15) is 37.8 Å². The molecule has 0 saturated carbocycles. The lowest BCUT2D eigenvalue weighted by Gasteiger charge is -2.48. The molecule has 0 radical (unpaired) electrons. The van der Waals surface area contributed by atoms with E-state index in [0.717, 1.165) is 47.8 Å². The first-order chi connectivity index (χ1) is 20.7. The van der Waals surface area contributed by atoms with Crippen LogP contribution in [0.4, 0.5) is 23.3 Å². The Labute approximate surface area is 251 Å². The number of carbonyl (C=O) groups excluding carboxylic acids is 1. The molecule has 4 fully saturated rings. The van der Waals surface area contributed by atoms with Crippen molar-refractivity contribution in [2.45, 2.75) is 50.4 Å². The van der Waals surface area contributed by atoms with E-state index in [1.54, 1.807) is 6.20 Å². The van der Waals surface area contributed by atoms with E-state index in [2.05, 4.69) is 45.7 Å². The summed E-state index contributed by atoms with van der Waals surface area (Å²) in [6, 6.07) is 8.38. The number of benzene rings is 1. The number of hydrogen-bond donors (Lipinski definition) is 1. The normalized spacial score (nSPS) is 26.7. The monoisotopic (exact) mass is 603 g/mol. The fourth-order valence-electron chi connectivity index (χ4n) is 7.06. The van der Waals surface area contributed by atoms with Crippen LogP contribution in [0.2, 0.25) is 0 Å². The van der Waals surface area contributed by atoms with Crippen LogP contribution in [0.3, 0.4) is 0 Å². The predicted octanol–water partition coefficient (Wildman–Crippen LogP) is 3.46. The van der Waals surface area contributed by atoms with E-state index in [4.69, 9.17) is 14.7 Å². The summed E-state index contributed by atoms with van der Waals surface area (Å²) >= 11 is 0. The van der Waals surface area contributed by atoms with Gasteiger partial charge in [0.1, 0.15) is 21.5 Å². The number of anilines is 4. The average molecular weight is 604 g/mol. The first kappa shape index (κ1) is 28.0. The fraction of sp³-hybridized carbons (Fsp3) is 0.484. The molecule has 2 bridgehead atoms. The second kappa shape index (κ2) is 10.7. The Bertz CT molecular complexity index is 1700. The number of aromatic nitrogens is 3. The zero-order valence-corrected chi connectivity index (χ0v) is 25.3. The lowest BCUT2D eigenvalue weighted by molar-refractivity contribution is -0.133. The van der Waals surface area contributed by atoms with Crippen molar-refractivity contribution >= 4 is 49.8 Å². The molecule has 4 aliphatic rings. The first-order valence-electron chi connectivity index (χ1n) is 15.0. The third-order valence-corrected chi connectivity index (χ3v) is 10.6. The van der Waals surface area contributed by atoms with Crippen molar-refractivity contribution in [3.63, 3.8) is 0 Å². The summed E-state index contributed by atoms with van der Waals surface area (Å²) in [6.45, 7) is 8.70. The number of amides is 1. The minimum Gasteiger partial charge on any atom is -0.376 e. The molecule has 1 amide bonds. The summed E-state index contributed by atoms with van der Waals surface area (Å²) in [4.78, 5) is 33.0. The smallest absolute Gasteiger partial charge is 0.246 e. The van der Waals surface area contributed by atoms with Gasteiger partial charge in [0, 0.05) is 61.3 Å². The molecule has 12 heteroatoms. The number of sulfone groups is 1. The molecule has 2 aromatic heterocycles. The number of pyridine rings is 1. The van der Waals surface area contributed by atoms with Gasteiger partial charge < -0.3 is 24.8 Å². The van der Waals surface area contributed by atoms with Gasteiger partial charge in [-0.2, -0.15) is 4.98 Å². The molecule has 3 aromatic rings. The highest BCUT2D eigenvalue weighted by atomic mass is 32.2. The van der Waals surface area contributed by atoms with E-state index in [1.165, 1.54) is 12.3 Å². The summed E-state index contributed by atoms with van der Waals surface area (Å²) in [5.41, 5.74) is 2.07. The van der Waals surface area contributed by atoms with Gasteiger partial charge in [-0.05, 0) is 61.4 Å². The molecule has 0 aliphatic carbocycles. The number of carbonyl (C=O) groups is 1. The number of piperidine rings is 1. The van der Waals surface area contributed by atoms with E-state index < -0.39 is 9.84 Å². The summed E-state index contributed by atoms with van der Waals surface area (Å²) in [7, 11) is -3.06. The number of likely N-dealkylation sites (tertiary alicyclic amines) is 1. The molecule has 0 unspecified atom stereocenters. The van der Waals surface area contributed by atoms with Crippen molar-refractivity contribution in [3.8, 4) is 0 Å². The van der Waals surface area contributed by atoms with Crippen LogP contribution >= 0.6 is 0 Å². The van der Waals surface area contributed by atoms with Crippen LogP contribution in [-0.4, -0.2) is 90.6 Å². The van der Waals surface area contributed by atoms with Crippen molar-refractivity contribution < 1.29 is 17.9 Å². The minimum atomic E-state index is -3.06. The molecule has 6 heterocycles. The highest BCUT2D eigenvalue weighted by Gasteiger charge is 2.40. The average Bonchev–Trinajstić information content (AvgIpc) is 3.34. The lowest BCUT2D eigenvalue weighted by atomic mass is 9.87. The Morgan fingerprint density at radius 3 is 2.74 bits per heavy atom. The molecule has 0 spiro atoms. The van der Waals surface area contributed by atoms with Crippen molar-refractivity contribution in [3.05, 3.63) is 54.9 Å². The zero-order chi connectivity index (χ0) is 29.9. The summed E-state index contributed by atoms with van der Waals surface area (Å²) < 4.78 is 29.7. The van der Waals surface area contributed by atoms with Crippen molar-refractivity contribution in [1.29, 1.82) is 0 Å².